The molecule has 0 N–H and O–H groups in total. The number of likely N-dealkylation sites (N-methyl/N-ethyl adjacent to an activating group) is 1. The maximum absolute atomic E-state index is 4.46. The van der Waals surface area contributed by atoms with Gasteiger partial charge in [0.05, 0.1) is 16.8 Å². The zero-order valence-corrected chi connectivity index (χ0v) is 11.1. The normalized spacial score (nSPS) is 17.6. The predicted octanol–water partition coefficient (Wildman–Crippen LogP) is 0.829. The molecule has 2 aromatic heterocycles. The molecule has 0 spiro atoms. The topological polar surface area (TPSA) is 37.2 Å². The summed E-state index contributed by atoms with van der Waals surface area (Å²) in [7, 11) is 4.11. The van der Waals surface area contributed by atoms with Gasteiger partial charge in [-0.15, -0.1) is 0 Å². The van der Waals surface area contributed by atoms with Gasteiger partial charge in [0.1, 0.15) is 0 Å². The summed E-state index contributed by atoms with van der Waals surface area (Å²) >= 11 is 0. The van der Waals surface area contributed by atoms with Gasteiger partial charge < -0.3 is 9.80 Å². The lowest BCUT2D eigenvalue weighted by Gasteiger charge is -2.34. The summed E-state index contributed by atoms with van der Waals surface area (Å²) < 4.78 is 1.85. The Morgan fingerprint density at radius 1 is 1.17 bits per heavy atom. The minimum Gasteiger partial charge on any atom is -0.368 e. The first-order valence-electron chi connectivity index (χ1n) is 6.30. The average Bonchev–Trinajstić information content (AvgIpc) is 2.66. The molecule has 3 rings (SSSR count). The number of fused-ring (bicyclic) bond motifs is 1. The molecule has 18 heavy (non-hydrogen) atoms. The molecule has 2 aromatic rings. The van der Waals surface area contributed by atoms with Crippen molar-refractivity contribution in [1.82, 2.24) is 19.7 Å². The maximum atomic E-state index is 4.46. The first-order chi connectivity index (χ1) is 8.66. The maximum Gasteiger partial charge on any atom is 0.159 e. The van der Waals surface area contributed by atoms with Crippen LogP contribution in [-0.4, -0.2) is 52.9 Å². The molecule has 0 saturated carbocycles. The number of piperazine rings is 1. The molecule has 0 unspecified atom stereocenters. The average molecular weight is 244 g/mol. The zero-order valence-electron chi connectivity index (χ0n) is 11.1. The van der Waals surface area contributed by atoms with E-state index in [9.17, 15) is 0 Å². The van der Waals surface area contributed by atoms with Crippen LogP contribution in [0.1, 0.15) is 5.69 Å². The van der Waals surface area contributed by atoms with E-state index in [4.69, 9.17) is 0 Å². The van der Waals surface area contributed by atoms with Crippen molar-refractivity contribution in [2.45, 2.75) is 6.92 Å². The van der Waals surface area contributed by atoms with Gasteiger partial charge in [-0.05, 0) is 14.0 Å². The molecule has 0 amide bonds. The van der Waals surface area contributed by atoms with Crippen LogP contribution in [0.5, 0.6) is 0 Å². The molecule has 1 aliphatic heterocycles. The second-order valence-corrected chi connectivity index (χ2v) is 4.95. The number of hydrogen-bond acceptors (Lipinski definition) is 4. The third-order valence-electron chi connectivity index (χ3n) is 3.64. The summed E-state index contributed by atoms with van der Waals surface area (Å²) in [5, 5.41) is 5.60. The molecule has 5 heteroatoms. The first-order valence-corrected chi connectivity index (χ1v) is 6.30. The van der Waals surface area contributed by atoms with Crippen LogP contribution < -0.4 is 4.90 Å². The Bertz CT molecular complexity index is 566. The quantitative estimate of drug-likeness (QED) is 0.744. The van der Waals surface area contributed by atoms with E-state index in [1.165, 1.54) is 0 Å². The van der Waals surface area contributed by atoms with Crippen LogP contribution >= 0.6 is 0 Å². The number of hydrogen-bond donors (Lipinski definition) is 0. The fourth-order valence-electron chi connectivity index (χ4n) is 2.58. The first kappa shape index (κ1) is 11.5. The fourth-order valence-corrected chi connectivity index (χ4v) is 2.58. The van der Waals surface area contributed by atoms with E-state index in [1.54, 1.807) is 6.20 Å². The van der Waals surface area contributed by atoms with E-state index in [0.717, 1.165) is 48.6 Å². The molecule has 1 fully saturated rings. The van der Waals surface area contributed by atoms with Crippen LogP contribution in [0, 0.1) is 13.0 Å². The van der Waals surface area contributed by atoms with E-state index in [-0.39, 0.29) is 0 Å². The largest absolute Gasteiger partial charge is 0.368 e. The van der Waals surface area contributed by atoms with Crippen molar-refractivity contribution < 1.29 is 0 Å². The van der Waals surface area contributed by atoms with Crippen LogP contribution in [0.4, 0.5) is 5.69 Å². The van der Waals surface area contributed by atoms with Crippen LogP contribution in [-0.2, 0) is 7.05 Å². The van der Waals surface area contributed by atoms with Crippen molar-refractivity contribution in [3.05, 3.63) is 18.0 Å². The second kappa shape index (κ2) is 4.24. The van der Waals surface area contributed by atoms with E-state index in [2.05, 4.69) is 33.0 Å². The van der Waals surface area contributed by atoms with Crippen LogP contribution in [0.15, 0.2) is 6.20 Å². The summed E-state index contributed by atoms with van der Waals surface area (Å²) in [5.41, 5.74) is 3.13. The number of pyridine rings is 1. The Labute approximate surface area is 107 Å². The number of aryl methyl sites for hydroxylation is 2. The summed E-state index contributed by atoms with van der Waals surface area (Å²) in [4.78, 5) is 9.12. The SMILES string of the molecule is Cc1nn(C)c2nc[c]c(N3CCN(C)CC3)c12. The highest BCUT2D eigenvalue weighted by Gasteiger charge is 2.19. The van der Waals surface area contributed by atoms with Gasteiger partial charge in [0, 0.05) is 45.5 Å². The lowest BCUT2D eigenvalue weighted by Crippen LogP contribution is -2.44. The van der Waals surface area contributed by atoms with E-state index in [0.29, 0.717) is 0 Å². The molecule has 0 aliphatic carbocycles. The predicted molar refractivity (Wildman–Crippen MR) is 71.8 cm³/mol. The summed E-state index contributed by atoms with van der Waals surface area (Å²) in [6, 6.07) is 3.29. The van der Waals surface area contributed by atoms with Gasteiger partial charge in [0.15, 0.2) is 5.65 Å². The van der Waals surface area contributed by atoms with Crippen molar-refractivity contribution in [2.24, 2.45) is 7.05 Å². The third kappa shape index (κ3) is 1.75. The number of nitrogens with zero attached hydrogens (tertiary/aromatic N) is 5. The number of aromatic nitrogens is 3. The van der Waals surface area contributed by atoms with Crippen LogP contribution in [0.25, 0.3) is 11.0 Å². The van der Waals surface area contributed by atoms with E-state index < -0.39 is 0 Å². The van der Waals surface area contributed by atoms with Gasteiger partial charge in [-0.1, -0.05) is 0 Å². The monoisotopic (exact) mass is 244 g/mol. The van der Waals surface area contributed by atoms with Gasteiger partial charge in [0.25, 0.3) is 0 Å². The Kier molecular flexibility index (Phi) is 2.70. The molecule has 0 bridgehead atoms. The van der Waals surface area contributed by atoms with Gasteiger partial charge in [-0.2, -0.15) is 5.10 Å². The van der Waals surface area contributed by atoms with E-state index in [1.807, 2.05) is 18.7 Å². The molecule has 0 aromatic carbocycles. The molecule has 1 saturated heterocycles. The van der Waals surface area contributed by atoms with Gasteiger partial charge >= 0.3 is 0 Å². The van der Waals surface area contributed by atoms with Crippen molar-refractivity contribution in [3.8, 4) is 0 Å². The highest BCUT2D eigenvalue weighted by molar-refractivity contribution is 5.91. The summed E-state index contributed by atoms with van der Waals surface area (Å²) in [6.45, 7) is 6.31. The van der Waals surface area contributed by atoms with Gasteiger partial charge in [0.2, 0.25) is 0 Å². The molecule has 3 heterocycles. The minimum atomic E-state index is 0.945. The Morgan fingerprint density at radius 3 is 2.61 bits per heavy atom. The Hall–Kier alpha value is -1.62. The van der Waals surface area contributed by atoms with Crippen molar-refractivity contribution >= 4 is 16.7 Å². The Morgan fingerprint density at radius 2 is 1.89 bits per heavy atom. The van der Waals surface area contributed by atoms with Crippen molar-refractivity contribution in [1.29, 1.82) is 0 Å². The number of rotatable bonds is 1. The molecule has 1 radical (unpaired) electrons. The van der Waals surface area contributed by atoms with Crippen molar-refractivity contribution in [3.63, 3.8) is 0 Å². The van der Waals surface area contributed by atoms with E-state index >= 15 is 0 Å². The molecule has 0 atom stereocenters. The number of anilines is 1. The molecular formula is C13H18N5. The van der Waals surface area contributed by atoms with Crippen molar-refractivity contribution in [2.75, 3.05) is 38.1 Å². The lowest BCUT2D eigenvalue weighted by atomic mass is 10.2. The molecule has 5 nitrogen and oxygen atoms in total. The highest BCUT2D eigenvalue weighted by atomic mass is 15.3. The lowest BCUT2D eigenvalue weighted by molar-refractivity contribution is 0.313. The fraction of sp³-hybridized carbons (Fsp3) is 0.538. The third-order valence-corrected chi connectivity index (χ3v) is 3.64. The smallest absolute Gasteiger partial charge is 0.159 e. The second-order valence-electron chi connectivity index (χ2n) is 4.95. The molecule has 1 aliphatic rings. The zero-order chi connectivity index (χ0) is 12.7. The highest BCUT2D eigenvalue weighted by Crippen LogP contribution is 2.27. The van der Waals surface area contributed by atoms with Crippen LogP contribution in [0.3, 0.4) is 0 Å². The standard InChI is InChI=1S/C13H18N5/c1-10-12-11(18-8-6-16(2)7-9-18)4-5-14-13(12)17(3)15-10/h5H,6-9H2,1-3H3. The van der Waals surface area contributed by atoms with Crippen LogP contribution in [0.2, 0.25) is 0 Å². The van der Waals surface area contributed by atoms with Gasteiger partial charge in [-0.3, -0.25) is 4.68 Å². The summed E-state index contributed by atoms with van der Waals surface area (Å²) in [5.74, 6) is 0. The minimum absolute atomic E-state index is 0.945. The van der Waals surface area contributed by atoms with Gasteiger partial charge in [-0.25, -0.2) is 4.98 Å². The summed E-state index contributed by atoms with van der Waals surface area (Å²) in [6.07, 6.45) is 1.76. The molecule has 95 valence electrons. The Balaban J connectivity index is 2.06. The molecular weight excluding hydrogens is 226 g/mol.